The zero-order valence-corrected chi connectivity index (χ0v) is 22.0. The Morgan fingerprint density at radius 1 is 0.949 bits per heavy atom. The molecule has 1 heterocycles. The summed E-state index contributed by atoms with van der Waals surface area (Å²) in [6, 6.07) is 23.8. The number of aromatic nitrogens is 2. The van der Waals surface area contributed by atoms with Crippen molar-refractivity contribution in [2.24, 2.45) is 0 Å². The van der Waals surface area contributed by atoms with E-state index in [1.807, 2.05) is 31.2 Å². The van der Waals surface area contributed by atoms with Gasteiger partial charge in [0, 0.05) is 22.6 Å². The maximum Gasteiger partial charge on any atom is 0.336 e. The monoisotopic (exact) mass is 540 g/mol. The maximum atomic E-state index is 13.4. The average Bonchev–Trinajstić information content (AvgIpc) is 3.37. The summed E-state index contributed by atoms with van der Waals surface area (Å²) in [4.78, 5) is 33.7. The van der Waals surface area contributed by atoms with Crippen molar-refractivity contribution in [3.05, 3.63) is 112 Å². The molecule has 1 aromatic heterocycles. The van der Waals surface area contributed by atoms with E-state index in [0.717, 1.165) is 29.4 Å². The first-order valence-corrected chi connectivity index (χ1v) is 13.1. The summed E-state index contributed by atoms with van der Waals surface area (Å²) in [6.45, 7) is 2.03. The number of nitrogens with one attached hydrogen (secondary N) is 1. The predicted octanol–water partition coefficient (Wildman–Crippen LogP) is 8.54. The molecule has 4 aromatic carbocycles. The summed E-state index contributed by atoms with van der Waals surface area (Å²) in [5.41, 5.74) is 4.55. The number of carboxylic acid groups (broad SMARTS) is 1. The molecule has 0 fully saturated rings. The molecule has 0 radical (unpaired) electrons. The molecule has 7 heteroatoms. The minimum Gasteiger partial charge on any atom is -0.478 e. The number of ketones is 1. The Kier molecular flexibility index (Phi) is 7.57. The van der Waals surface area contributed by atoms with Crippen LogP contribution in [0.1, 0.15) is 58.4 Å². The molecule has 0 aliphatic carbocycles. The first kappa shape index (κ1) is 26.3. The molecular formula is C32H26ClFN2O3. The van der Waals surface area contributed by atoms with E-state index in [0.29, 0.717) is 33.1 Å². The molecule has 1 unspecified atom stereocenters. The van der Waals surface area contributed by atoms with E-state index < -0.39 is 5.97 Å². The van der Waals surface area contributed by atoms with Gasteiger partial charge in [-0.2, -0.15) is 0 Å². The fourth-order valence-corrected chi connectivity index (χ4v) is 5.14. The van der Waals surface area contributed by atoms with Crippen LogP contribution in [0.2, 0.25) is 5.02 Å². The molecule has 0 saturated carbocycles. The largest absolute Gasteiger partial charge is 0.478 e. The Labute approximate surface area is 230 Å². The van der Waals surface area contributed by atoms with Gasteiger partial charge in [0.1, 0.15) is 11.6 Å². The van der Waals surface area contributed by atoms with Gasteiger partial charge in [0.25, 0.3) is 0 Å². The molecular weight excluding hydrogens is 515 g/mol. The maximum absolute atomic E-state index is 13.4. The Morgan fingerprint density at radius 2 is 1.69 bits per heavy atom. The minimum atomic E-state index is -1.15. The van der Waals surface area contributed by atoms with Gasteiger partial charge < -0.3 is 10.1 Å². The molecule has 5 rings (SSSR count). The van der Waals surface area contributed by atoms with Crippen molar-refractivity contribution < 1.29 is 19.1 Å². The highest BCUT2D eigenvalue weighted by Gasteiger charge is 2.22. The number of benzene rings is 4. The molecule has 2 N–H and O–H groups in total. The number of carboxylic acids is 1. The highest BCUT2D eigenvalue weighted by molar-refractivity contribution is 6.31. The Bertz CT molecular complexity index is 1640. The molecule has 5 aromatic rings. The van der Waals surface area contributed by atoms with E-state index >= 15 is 0 Å². The van der Waals surface area contributed by atoms with Crippen LogP contribution in [-0.4, -0.2) is 26.8 Å². The molecule has 0 saturated heterocycles. The van der Waals surface area contributed by atoms with Crippen molar-refractivity contribution >= 4 is 34.4 Å². The smallest absolute Gasteiger partial charge is 0.336 e. The highest BCUT2D eigenvalue weighted by Crippen LogP contribution is 2.37. The van der Waals surface area contributed by atoms with Crippen molar-refractivity contribution in [3.63, 3.8) is 0 Å². The van der Waals surface area contributed by atoms with Gasteiger partial charge in [-0.3, -0.25) is 4.79 Å². The highest BCUT2D eigenvalue weighted by atomic mass is 35.5. The zero-order chi connectivity index (χ0) is 27.5. The molecule has 0 amide bonds. The number of rotatable bonds is 9. The molecule has 5 nitrogen and oxygen atoms in total. The van der Waals surface area contributed by atoms with Crippen molar-refractivity contribution in [2.75, 3.05) is 0 Å². The number of para-hydroxylation sites is 2. The lowest BCUT2D eigenvalue weighted by atomic mass is 9.87. The van der Waals surface area contributed by atoms with Crippen LogP contribution in [0.4, 0.5) is 4.39 Å². The van der Waals surface area contributed by atoms with E-state index in [9.17, 15) is 19.1 Å². The van der Waals surface area contributed by atoms with Gasteiger partial charge in [-0.1, -0.05) is 61.3 Å². The van der Waals surface area contributed by atoms with Gasteiger partial charge in [-0.05, 0) is 77.6 Å². The third-order valence-electron chi connectivity index (χ3n) is 6.90. The van der Waals surface area contributed by atoms with Crippen LogP contribution in [0.25, 0.3) is 33.5 Å². The second kappa shape index (κ2) is 11.2. The summed E-state index contributed by atoms with van der Waals surface area (Å²) in [6.07, 6.45) is 1.80. The third kappa shape index (κ3) is 5.61. The zero-order valence-electron chi connectivity index (χ0n) is 21.2. The lowest BCUT2D eigenvalue weighted by Crippen LogP contribution is -2.10. The molecule has 39 heavy (non-hydrogen) atoms. The van der Waals surface area contributed by atoms with Crippen molar-refractivity contribution in [2.45, 2.75) is 32.1 Å². The number of Topliss-reactive ketones (excluding diaryl/α,β-unsaturated/α-hetero) is 1. The molecule has 196 valence electrons. The van der Waals surface area contributed by atoms with Gasteiger partial charge in [-0.25, -0.2) is 14.2 Å². The quantitative estimate of drug-likeness (QED) is 0.183. The predicted molar refractivity (Wildman–Crippen MR) is 152 cm³/mol. The summed E-state index contributed by atoms with van der Waals surface area (Å²) >= 11 is 6.35. The van der Waals surface area contributed by atoms with Crippen LogP contribution in [-0.2, 0) is 0 Å². The van der Waals surface area contributed by atoms with Gasteiger partial charge in [0.15, 0.2) is 5.78 Å². The Morgan fingerprint density at radius 3 is 2.41 bits per heavy atom. The summed E-state index contributed by atoms with van der Waals surface area (Å²) in [5, 5.41) is 10.6. The first-order chi connectivity index (χ1) is 18.8. The van der Waals surface area contributed by atoms with Crippen LogP contribution in [0.15, 0.2) is 84.9 Å². The third-order valence-corrected chi connectivity index (χ3v) is 7.13. The second-order valence-electron chi connectivity index (χ2n) is 9.52. The van der Waals surface area contributed by atoms with Gasteiger partial charge in [-0.15, -0.1) is 0 Å². The molecule has 0 spiro atoms. The van der Waals surface area contributed by atoms with Crippen LogP contribution in [0, 0.1) is 5.82 Å². The van der Waals surface area contributed by atoms with Crippen molar-refractivity contribution in [1.82, 2.24) is 9.97 Å². The average molecular weight is 541 g/mol. The Balaban J connectivity index is 1.53. The van der Waals surface area contributed by atoms with E-state index in [1.165, 1.54) is 18.2 Å². The second-order valence-corrected chi connectivity index (χ2v) is 9.96. The number of carbonyl (C=O) groups excluding carboxylic acids is 1. The number of aromatic amines is 1. The summed E-state index contributed by atoms with van der Waals surface area (Å²) in [5.74, 6) is -1.16. The van der Waals surface area contributed by atoms with Crippen LogP contribution >= 0.6 is 11.6 Å². The van der Waals surface area contributed by atoms with Gasteiger partial charge in [0.2, 0.25) is 0 Å². The van der Waals surface area contributed by atoms with E-state index in [4.69, 9.17) is 11.6 Å². The number of aromatic carboxylic acids is 1. The number of halogens is 2. The summed E-state index contributed by atoms with van der Waals surface area (Å²) in [7, 11) is 0. The lowest BCUT2D eigenvalue weighted by Gasteiger charge is -2.17. The van der Waals surface area contributed by atoms with E-state index in [-0.39, 0.29) is 29.5 Å². The standard InChI is InChI=1S/C32H26ClFN2O3/c1-2-5-20(19-8-12-23(34)13-9-19)17-30(37)21-10-14-24(27(16-21)32(38)39)26-18-22(33)11-15-25(26)31-35-28-6-3-4-7-29(28)36-31/h3-4,6-16,18,20H,2,5,17H2,1H3,(H,35,36)(H,38,39). The number of hydrogen-bond donors (Lipinski definition) is 2. The van der Waals surface area contributed by atoms with E-state index in [1.54, 1.807) is 42.5 Å². The van der Waals surface area contributed by atoms with Crippen LogP contribution in [0.5, 0.6) is 0 Å². The molecule has 0 aliphatic rings. The fourth-order valence-electron chi connectivity index (χ4n) is 4.97. The number of carbonyl (C=O) groups is 2. The lowest BCUT2D eigenvalue weighted by molar-refractivity contribution is 0.0697. The van der Waals surface area contributed by atoms with E-state index in [2.05, 4.69) is 9.97 Å². The number of fused-ring (bicyclic) bond motifs is 1. The fraction of sp³-hybridized carbons (Fsp3) is 0.156. The van der Waals surface area contributed by atoms with Crippen LogP contribution < -0.4 is 0 Å². The first-order valence-electron chi connectivity index (χ1n) is 12.7. The molecule has 0 aliphatic heterocycles. The minimum absolute atomic E-state index is 0.00528. The molecule has 1 atom stereocenters. The number of H-pyrrole nitrogens is 1. The summed E-state index contributed by atoms with van der Waals surface area (Å²) < 4.78 is 13.4. The number of imidazole rings is 1. The number of hydrogen-bond acceptors (Lipinski definition) is 3. The number of nitrogens with zero attached hydrogens (tertiary/aromatic N) is 1. The normalized spacial score (nSPS) is 12.0. The molecule has 0 bridgehead atoms. The topological polar surface area (TPSA) is 83.0 Å². The van der Waals surface area contributed by atoms with Gasteiger partial charge >= 0.3 is 5.97 Å². The SMILES string of the molecule is CCCC(CC(=O)c1ccc(-c2cc(Cl)ccc2-c2nc3ccccc3[nH]2)c(C(=O)O)c1)c1ccc(F)cc1. The van der Waals surface area contributed by atoms with Crippen LogP contribution in [0.3, 0.4) is 0 Å². The Hall–Kier alpha value is -4.29. The van der Waals surface area contributed by atoms with Crippen molar-refractivity contribution in [3.8, 4) is 22.5 Å². The van der Waals surface area contributed by atoms with Gasteiger partial charge in [0.05, 0.1) is 16.6 Å². The van der Waals surface area contributed by atoms with Crippen molar-refractivity contribution in [1.29, 1.82) is 0 Å².